The van der Waals surface area contributed by atoms with E-state index in [0.29, 0.717) is 5.82 Å². The fourth-order valence-corrected chi connectivity index (χ4v) is 0.547. The molecule has 0 aliphatic rings. The van der Waals surface area contributed by atoms with Crippen molar-refractivity contribution >= 4 is 0 Å². The molecule has 4 heteroatoms. The third-order valence-corrected chi connectivity index (χ3v) is 1.03. The van der Waals surface area contributed by atoms with Gasteiger partial charge in [0.25, 0.3) is 0 Å². The van der Waals surface area contributed by atoms with E-state index in [1.807, 2.05) is 0 Å². The minimum Gasteiger partial charge on any atom is -0.505 e. The summed E-state index contributed by atoms with van der Waals surface area (Å²) >= 11 is 0. The highest BCUT2D eigenvalue weighted by Gasteiger charge is 2.01. The lowest BCUT2D eigenvalue weighted by Gasteiger charge is -1.99. The fourth-order valence-electron chi connectivity index (χ4n) is 0.547. The summed E-state index contributed by atoms with van der Waals surface area (Å²) in [5, 5.41) is 17.6. The van der Waals surface area contributed by atoms with E-state index >= 15 is 0 Å². The van der Waals surface area contributed by atoms with Crippen LogP contribution in [0.5, 0.6) is 5.75 Å². The summed E-state index contributed by atoms with van der Waals surface area (Å²) in [6.45, 7) is 1.56. The molecule has 0 fully saturated rings. The molecule has 1 atom stereocenters. The third kappa shape index (κ3) is 1.41. The van der Waals surface area contributed by atoms with E-state index < -0.39 is 6.10 Å². The summed E-state index contributed by atoms with van der Waals surface area (Å²) in [7, 11) is 0. The molecule has 0 aliphatic carbocycles. The molecular formula is C6H8N2O2. The van der Waals surface area contributed by atoms with E-state index in [2.05, 4.69) is 9.97 Å². The maximum Gasteiger partial charge on any atom is 0.156 e. The Bertz CT molecular complexity index is 207. The molecule has 1 rings (SSSR count). The minimum absolute atomic E-state index is 0.00407. The fraction of sp³-hybridized carbons (Fsp3) is 0.333. The summed E-state index contributed by atoms with van der Waals surface area (Å²) in [4.78, 5) is 7.33. The number of hydrogen-bond donors (Lipinski definition) is 2. The van der Waals surface area contributed by atoms with Crippen molar-refractivity contribution in [2.24, 2.45) is 0 Å². The normalized spacial score (nSPS) is 13.0. The zero-order chi connectivity index (χ0) is 7.56. The lowest BCUT2D eigenvalue weighted by atomic mass is 10.4. The number of rotatable bonds is 1. The Morgan fingerprint density at radius 2 is 1.90 bits per heavy atom. The first kappa shape index (κ1) is 6.95. The van der Waals surface area contributed by atoms with Gasteiger partial charge in [0, 0.05) is 0 Å². The molecule has 1 heterocycles. The maximum atomic E-state index is 8.91. The SMILES string of the molecule is C[C@@H](O)c1ncc(O)cn1. The van der Waals surface area contributed by atoms with Gasteiger partial charge in [0.2, 0.25) is 0 Å². The van der Waals surface area contributed by atoms with Crippen LogP contribution in [0.4, 0.5) is 0 Å². The largest absolute Gasteiger partial charge is 0.505 e. The first-order valence-electron chi connectivity index (χ1n) is 2.89. The van der Waals surface area contributed by atoms with Crippen LogP contribution in [0.3, 0.4) is 0 Å². The van der Waals surface area contributed by atoms with Gasteiger partial charge < -0.3 is 10.2 Å². The van der Waals surface area contributed by atoms with Gasteiger partial charge in [-0.1, -0.05) is 0 Å². The standard InChI is InChI=1S/C6H8N2O2/c1-4(9)6-7-2-5(10)3-8-6/h2-4,9-10H,1H3/t4-/m1/s1. The Morgan fingerprint density at radius 3 is 2.30 bits per heavy atom. The average Bonchev–Trinajstić information content (AvgIpc) is 1.88. The Hall–Kier alpha value is -1.16. The summed E-state index contributed by atoms with van der Waals surface area (Å²) in [5.41, 5.74) is 0. The van der Waals surface area contributed by atoms with E-state index in [0.717, 1.165) is 0 Å². The summed E-state index contributed by atoms with van der Waals surface area (Å²) < 4.78 is 0. The molecule has 0 aliphatic heterocycles. The van der Waals surface area contributed by atoms with Crippen molar-refractivity contribution in [1.82, 2.24) is 9.97 Å². The number of aliphatic hydroxyl groups is 1. The van der Waals surface area contributed by atoms with E-state index in [1.165, 1.54) is 12.4 Å². The smallest absolute Gasteiger partial charge is 0.156 e. The van der Waals surface area contributed by atoms with Gasteiger partial charge in [-0.05, 0) is 6.92 Å². The second-order valence-electron chi connectivity index (χ2n) is 1.98. The number of hydrogen-bond acceptors (Lipinski definition) is 4. The van der Waals surface area contributed by atoms with Crippen LogP contribution < -0.4 is 0 Å². The number of nitrogens with zero attached hydrogens (tertiary/aromatic N) is 2. The molecule has 0 radical (unpaired) electrons. The van der Waals surface area contributed by atoms with Crippen molar-refractivity contribution in [1.29, 1.82) is 0 Å². The molecular weight excluding hydrogens is 132 g/mol. The molecule has 10 heavy (non-hydrogen) atoms. The van der Waals surface area contributed by atoms with Crippen LogP contribution in [0.2, 0.25) is 0 Å². The predicted octanol–water partition coefficient (Wildman–Crippen LogP) is 0.235. The van der Waals surface area contributed by atoms with Crippen LogP contribution in [-0.2, 0) is 0 Å². The molecule has 0 unspecified atom stereocenters. The Kier molecular flexibility index (Phi) is 1.82. The third-order valence-electron chi connectivity index (χ3n) is 1.03. The van der Waals surface area contributed by atoms with Crippen molar-refractivity contribution < 1.29 is 10.2 Å². The number of aromatic nitrogens is 2. The van der Waals surface area contributed by atoms with Crippen LogP contribution in [0.15, 0.2) is 12.4 Å². The molecule has 0 saturated carbocycles. The van der Waals surface area contributed by atoms with Gasteiger partial charge in [-0.15, -0.1) is 0 Å². The van der Waals surface area contributed by atoms with Gasteiger partial charge in [-0.25, -0.2) is 9.97 Å². The highest BCUT2D eigenvalue weighted by molar-refractivity contribution is 5.09. The Morgan fingerprint density at radius 1 is 1.40 bits per heavy atom. The van der Waals surface area contributed by atoms with Crippen LogP contribution in [0.25, 0.3) is 0 Å². The highest BCUT2D eigenvalue weighted by atomic mass is 16.3. The molecule has 0 spiro atoms. The van der Waals surface area contributed by atoms with Crippen LogP contribution >= 0.6 is 0 Å². The van der Waals surface area contributed by atoms with E-state index in [9.17, 15) is 0 Å². The minimum atomic E-state index is -0.680. The van der Waals surface area contributed by atoms with Gasteiger partial charge in [-0.3, -0.25) is 0 Å². The zero-order valence-electron chi connectivity index (χ0n) is 5.52. The molecule has 1 aromatic heterocycles. The second kappa shape index (κ2) is 2.62. The maximum absolute atomic E-state index is 8.91. The number of aliphatic hydroxyl groups excluding tert-OH is 1. The van der Waals surface area contributed by atoms with E-state index in [4.69, 9.17) is 10.2 Å². The van der Waals surface area contributed by atoms with Crippen molar-refractivity contribution in [2.45, 2.75) is 13.0 Å². The molecule has 54 valence electrons. The first-order chi connectivity index (χ1) is 4.70. The Balaban J connectivity index is 2.89. The van der Waals surface area contributed by atoms with Gasteiger partial charge >= 0.3 is 0 Å². The van der Waals surface area contributed by atoms with Crippen LogP contribution in [0.1, 0.15) is 18.9 Å². The predicted molar refractivity (Wildman–Crippen MR) is 34.3 cm³/mol. The van der Waals surface area contributed by atoms with E-state index in [-0.39, 0.29) is 5.75 Å². The van der Waals surface area contributed by atoms with Crippen molar-refractivity contribution in [3.63, 3.8) is 0 Å². The van der Waals surface area contributed by atoms with Gasteiger partial charge in [0.15, 0.2) is 11.6 Å². The second-order valence-corrected chi connectivity index (χ2v) is 1.98. The van der Waals surface area contributed by atoms with Crippen molar-refractivity contribution in [2.75, 3.05) is 0 Å². The van der Waals surface area contributed by atoms with Gasteiger partial charge in [-0.2, -0.15) is 0 Å². The van der Waals surface area contributed by atoms with Gasteiger partial charge in [0.1, 0.15) is 6.10 Å². The van der Waals surface area contributed by atoms with E-state index in [1.54, 1.807) is 6.92 Å². The lowest BCUT2D eigenvalue weighted by molar-refractivity contribution is 0.188. The summed E-state index contributed by atoms with van der Waals surface area (Å²) in [5.74, 6) is 0.321. The molecule has 0 aromatic carbocycles. The molecule has 0 bridgehead atoms. The molecule has 2 N–H and O–H groups in total. The van der Waals surface area contributed by atoms with Crippen LogP contribution in [-0.4, -0.2) is 20.2 Å². The molecule has 4 nitrogen and oxygen atoms in total. The average molecular weight is 140 g/mol. The first-order valence-corrected chi connectivity index (χ1v) is 2.89. The summed E-state index contributed by atoms with van der Waals surface area (Å²) in [6.07, 6.45) is 1.81. The number of aromatic hydroxyl groups is 1. The molecule has 0 amide bonds. The molecule has 1 aromatic rings. The quantitative estimate of drug-likeness (QED) is 0.586. The monoisotopic (exact) mass is 140 g/mol. The lowest BCUT2D eigenvalue weighted by Crippen LogP contribution is -1.97. The van der Waals surface area contributed by atoms with Gasteiger partial charge in [0.05, 0.1) is 12.4 Å². The Labute approximate surface area is 58.2 Å². The van der Waals surface area contributed by atoms with Crippen molar-refractivity contribution in [3.8, 4) is 5.75 Å². The highest BCUT2D eigenvalue weighted by Crippen LogP contribution is 2.07. The van der Waals surface area contributed by atoms with Crippen molar-refractivity contribution in [3.05, 3.63) is 18.2 Å². The zero-order valence-corrected chi connectivity index (χ0v) is 5.52. The topological polar surface area (TPSA) is 66.2 Å². The molecule has 0 saturated heterocycles. The van der Waals surface area contributed by atoms with Crippen LogP contribution in [0, 0.1) is 0 Å². The summed E-state index contributed by atoms with van der Waals surface area (Å²) in [6, 6.07) is 0.